The van der Waals surface area contributed by atoms with Gasteiger partial charge in [-0.1, -0.05) is 38.1 Å². The van der Waals surface area contributed by atoms with Gasteiger partial charge in [-0.25, -0.2) is 0 Å². The van der Waals surface area contributed by atoms with E-state index in [9.17, 15) is 4.79 Å². The largest absolute Gasteiger partial charge is 0.298 e. The van der Waals surface area contributed by atoms with Crippen molar-refractivity contribution in [2.24, 2.45) is 0 Å². The Morgan fingerprint density at radius 1 is 1.33 bits per heavy atom. The number of rotatable bonds is 3. The van der Waals surface area contributed by atoms with E-state index in [0.717, 1.165) is 19.4 Å². The average Bonchev–Trinajstić information content (AvgIpc) is 2.93. The number of likely N-dealkylation sites (N-methyl/N-ethyl adjacent to an activating group) is 1. The third-order valence-corrected chi connectivity index (χ3v) is 4.74. The third-order valence-electron chi connectivity index (χ3n) is 4.74. The van der Waals surface area contributed by atoms with Gasteiger partial charge in [-0.3, -0.25) is 9.69 Å². The van der Waals surface area contributed by atoms with Crippen LogP contribution in [0.3, 0.4) is 0 Å². The minimum Gasteiger partial charge on any atom is -0.298 e. The zero-order chi connectivity index (χ0) is 12.7. The SMILES string of the molecule is CCC(=O)C1CC2c3ccccc3CC2N1CC. The molecule has 1 aromatic carbocycles. The minimum absolute atomic E-state index is 0.170. The first kappa shape index (κ1) is 11.9. The van der Waals surface area contributed by atoms with Crippen LogP contribution in [0.2, 0.25) is 0 Å². The first-order chi connectivity index (χ1) is 8.76. The molecule has 2 nitrogen and oxygen atoms in total. The van der Waals surface area contributed by atoms with Crippen molar-refractivity contribution in [3.05, 3.63) is 35.4 Å². The van der Waals surface area contributed by atoms with Gasteiger partial charge in [-0.2, -0.15) is 0 Å². The standard InChI is InChI=1S/C16H21NO/c1-3-16(18)15-10-13-12-8-6-5-7-11(12)9-14(13)17(15)4-2/h5-8,13-15H,3-4,9-10H2,1-2H3. The molecule has 1 saturated heterocycles. The summed E-state index contributed by atoms with van der Waals surface area (Å²) in [7, 11) is 0. The quantitative estimate of drug-likeness (QED) is 0.813. The maximum atomic E-state index is 12.1. The molecule has 2 aliphatic rings. The number of hydrogen-bond acceptors (Lipinski definition) is 2. The fourth-order valence-corrected chi connectivity index (χ4v) is 3.90. The molecule has 3 atom stereocenters. The highest BCUT2D eigenvalue weighted by Gasteiger charge is 2.47. The maximum Gasteiger partial charge on any atom is 0.149 e. The van der Waals surface area contributed by atoms with E-state index >= 15 is 0 Å². The van der Waals surface area contributed by atoms with E-state index in [2.05, 4.69) is 36.1 Å². The van der Waals surface area contributed by atoms with Crippen LogP contribution in [0.25, 0.3) is 0 Å². The molecule has 0 aromatic heterocycles. The highest BCUT2D eigenvalue weighted by atomic mass is 16.1. The second-order valence-corrected chi connectivity index (χ2v) is 5.48. The normalized spacial score (nSPS) is 30.2. The Hall–Kier alpha value is -1.15. The maximum absolute atomic E-state index is 12.1. The van der Waals surface area contributed by atoms with Crippen LogP contribution in [-0.4, -0.2) is 29.3 Å². The van der Waals surface area contributed by atoms with E-state index in [-0.39, 0.29) is 6.04 Å². The van der Waals surface area contributed by atoms with Crippen LogP contribution in [0, 0.1) is 0 Å². The van der Waals surface area contributed by atoms with Gasteiger partial charge in [-0.05, 0) is 30.5 Å². The molecule has 0 amide bonds. The third kappa shape index (κ3) is 1.63. The van der Waals surface area contributed by atoms with Crippen LogP contribution >= 0.6 is 0 Å². The molecule has 3 unspecified atom stereocenters. The van der Waals surface area contributed by atoms with Gasteiger partial charge < -0.3 is 0 Å². The molecule has 18 heavy (non-hydrogen) atoms. The lowest BCUT2D eigenvalue weighted by Crippen LogP contribution is -2.41. The van der Waals surface area contributed by atoms with Gasteiger partial charge in [0, 0.05) is 18.4 Å². The summed E-state index contributed by atoms with van der Waals surface area (Å²) in [5, 5.41) is 0. The van der Waals surface area contributed by atoms with Gasteiger partial charge in [0.2, 0.25) is 0 Å². The summed E-state index contributed by atoms with van der Waals surface area (Å²) >= 11 is 0. The van der Waals surface area contributed by atoms with Crippen LogP contribution in [0.15, 0.2) is 24.3 Å². The van der Waals surface area contributed by atoms with Crippen molar-refractivity contribution < 1.29 is 4.79 Å². The smallest absolute Gasteiger partial charge is 0.149 e. The number of benzene rings is 1. The monoisotopic (exact) mass is 243 g/mol. The second kappa shape index (κ2) is 4.51. The van der Waals surface area contributed by atoms with Gasteiger partial charge in [0.25, 0.3) is 0 Å². The number of carbonyl (C=O) groups is 1. The van der Waals surface area contributed by atoms with E-state index in [1.807, 2.05) is 6.92 Å². The van der Waals surface area contributed by atoms with Crippen molar-refractivity contribution in [2.75, 3.05) is 6.54 Å². The number of ketones is 1. The van der Waals surface area contributed by atoms with E-state index in [1.165, 1.54) is 11.1 Å². The Kier molecular flexibility index (Phi) is 2.98. The summed E-state index contributed by atoms with van der Waals surface area (Å²) in [5.74, 6) is 1.00. The highest BCUT2D eigenvalue weighted by molar-refractivity contribution is 5.84. The van der Waals surface area contributed by atoms with Crippen molar-refractivity contribution in [2.45, 2.75) is 51.1 Å². The van der Waals surface area contributed by atoms with Gasteiger partial charge in [0.05, 0.1) is 6.04 Å². The number of Topliss-reactive ketones (excluding diaryl/α,β-unsaturated/α-hetero) is 1. The summed E-state index contributed by atoms with van der Waals surface area (Å²) in [6.45, 7) is 5.16. The Morgan fingerprint density at radius 2 is 2.11 bits per heavy atom. The summed E-state index contributed by atoms with van der Waals surface area (Å²) in [5.41, 5.74) is 2.99. The Bertz CT molecular complexity index is 468. The van der Waals surface area contributed by atoms with Crippen molar-refractivity contribution in [1.82, 2.24) is 4.90 Å². The van der Waals surface area contributed by atoms with Crippen LogP contribution in [0.4, 0.5) is 0 Å². The molecule has 0 radical (unpaired) electrons. The van der Waals surface area contributed by atoms with E-state index in [0.29, 0.717) is 24.2 Å². The lowest BCUT2D eigenvalue weighted by Gasteiger charge is -2.27. The molecule has 0 N–H and O–H groups in total. The molecule has 0 saturated carbocycles. The lowest BCUT2D eigenvalue weighted by molar-refractivity contribution is -0.123. The summed E-state index contributed by atoms with van der Waals surface area (Å²) in [6.07, 6.45) is 2.83. The summed E-state index contributed by atoms with van der Waals surface area (Å²) in [6, 6.07) is 9.50. The molecule has 1 aliphatic carbocycles. The van der Waals surface area contributed by atoms with Gasteiger partial charge in [0.1, 0.15) is 5.78 Å². The highest BCUT2D eigenvalue weighted by Crippen LogP contribution is 2.45. The molecule has 2 heteroatoms. The molecule has 1 aromatic rings. The minimum atomic E-state index is 0.170. The number of likely N-dealkylation sites (tertiary alicyclic amines) is 1. The van der Waals surface area contributed by atoms with Crippen molar-refractivity contribution in [3.63, 3.8) is 0 Å². The molecular formula is C16H21NO. The topological polar surface area (TPSA) is 20.3 Å². The fourth-order valence-electron chi connectivity index (χ4n) is 3.90. The van der Waals surface area contributed by atoms with Crippen molar-refractivity contribution in [1.29, 1.82) is 0 Å². The Balaban J connectivity index is 1.92. The van der Waals surface area contributed by atoms with E-state index < -0.39 is 0 Å². The molecule has 1 aliphatic heterocycles. The number of carbonyl (C=O) groups excluding carboxylic acids is 1. The van der Waals surface area contributed by atoms with Crippen LogP contribution in [-0.2, 0) is 11.2 Å². The molecule has 96 valence electrons. The zero-order valence-corrected chi connectivity index (χ0v) is 11.2. The van der Waals surface area contributed by atoms with E-state index in [1.54, 1.807) is 0 Å². The first-order valence-corrected chi connectivity index (χ1v) is 7.12. The molecule has 3 rings (SSSR count). The number of nitrogens with zero attached hydrogens (tertiary/aromatic N) is 1. The summed E-state index contributed by atoms with van der Waals surface area (Å²) < 4.78 is 0. The average molecular weight is 243 g/mol. The lowest BCUT2D eigenvalue weighted by atomic mass is 9.95. The van der Waals surface area contributed by atoms with Crippen molar-refractivity contribution >= 4 is 5.78 Å². The molecule has 0 spiro atoms. The molecule has 1 heterocycles. The summed E-state index contributed by atoms with van der Waals surface area (Å²) in [4.78, 5) is 14.5. The number of hydrogen-bond donors (Lipinski definition) is 0. The van der Waals surface area contributed by atoms with Gasteiger partial charge in [-0.15, -0.1) is 0 Å². The zero-order valence-electron chi connectivity index (χ0n) is 11.2. The molecule has 0 bridgehead atoms. The Morgan fingerprint density at radius 3 is 2.83 bits per heavy atom. The van der Waals surface area contributed by atoms with Crippen LogP contribution in [0.1, 0.15) is 43.7 Å². The Labute approximate surface area is 109 Å². The molecular weight excluding hydrogens is 222 g/mol. The van der Waals surface area contributed by atoms with Crippen LogP contribution < -0.4 is 0 Å². The predicted octanol–water partition coefficient (Wildman–Crippen LogP) is 2.77. The molecule has 1 fully saturated rings. The predicted molar refractivity (Wildman–Crippen MR) is 72.8 cm³/mol. The van der Waals surface area contributed by atoms with Gasteiger partial charge in [0.15, 0.2) is 0 Å². The second-order valence-electron chi connectivity index (χ2n) is 5.48. The van der Waals surface area contributed by atoms with Crippen LogP contribution in [0.5, 0.6) is 0 Å². The first-order valence-electron chi connectivity index (χ1n) is 7.12. The van der Waals surface area contributed by atoms with E-state index in [4.69, 9.17) is 0 Å². The van der Waals surface area contributed by atoms with Gasteiger partial charge >= 0.3 is 0 Å². The fraction of sp³-hybridized carbons (Fsp3) is 0.562. The van der Waals surface area contributed by atoms with Crippen molar-refractivity contribution in [3.8, 4) is 0 Å². The number of fused-ring (bicyclic) bond motifs is 3.